The van der Waals surface area contributed by atoms with Crippen molar-refractivity contribution in [3.63, 3.8) is 0 Å². The van der Waals surface area contributed by atoms with Gasteiger partial charge in [-0.15, -0.1) is 0 Å². The van der Waals surface area contributed by atoms with Crippen molar-refractivity contribution < 1.29 is 4.42 Å². The van der Waals surface area contributed by atoms with Gasteiger partial charge in [-0.2, -0.15) is 5.10 Å². The summed E-state index contributed by atoms with van der Waals surface area (Å²) in [7, 11) is 3.81. The Balaban J connectivity index is 2.44. The predicted molar refractivity (Wildman–Crippen MR) is 60.5 cm³/mol. The number of furan rings is 1. The van der Waals surface area contributed by atoms with Crippen molar-refractivity contribution in [2.75, 3.05) is 7.05 Å². The smallest absolute Gasteiger partial charge is 0.126 e. The van der Waals surface area contributed by atoms with Gasteiger partial charge in [0.25, 0.3) is 0 Å². The van der Waals surface area contributed by atoms with Crippen molar-refractivity contribution in [2.24, 2.45) is 7.05 Å². The summed E-state index contributed by atoms with van der Waals surface area (Å²) in [6.07, 6.45) is 3.45. The molecule has 1 unspecified atom stereocenters. The van der Waals surface area contributed by atoms with Crippen LogP contribution in [0.3, 0.4) is 0 Å². The number of hydrogen-bond acceptors (Lipinski definition) is 3. The fourth-order valence-corrected chi connectivity index (χ4v) is 2.19. The predicted octanol–water partition coefficient (Wildman–Crippen LogP) is 2.08. The number of rotatable bonds is 3. The molecule has 0 saturated heterocycles. The molecule has 0 aliphatic rings. The molecule has 15 heavy (non-hydrogen) atoms. The molecule has 4 nitrogen and oxygen atoms in total. The van der Waals surface area contributed by atoms with Gasteiger partial charge in [0.1, 0.15) is 11.8 Å². The Kier molecular flexibility index (Phi) is 2.93. The molecule has 2 aromatic rings. The van der Waals surface area contributed by atoms with Crippen LogP contribution in [0.25, 0.3) is 0 Å². The van der Waals surface area contributed by atoms with Gasteiger partial charge >= 0.3 is 0 Å². The zero-order chi connectivity index (χ0) is 10.8. The van der Waals surface area contributed by atoms with Crippen LogP contribution in [0.4, 0.5) is 0 Å². The second-order valence-electron chi connectivity index (χ2n) is 3.24. The maximum Gasteiger partial charge on any atom is 0.126 e. The lowest BCUT2D eigenvalue weighted by molar-refractivity contribution is 0.448. The molecule has 0 fully saturated rings. The zero-order valence-electron chi connectivity index (χ0n) is 8.57. The normalized spacial score (nSPS) is 13.0. The number of halogens is 1. The second-order valence-corrected chi connectivity index (χ2v) is 4.09. The van der Waals surface area contributed by atoms with E-state index >= 15 is 0 Å². The Morgan fingerprint density at radius 2 is 2.40 bits per heavy atom. The molecular weight excluding hydrogens is 258 g/mol. The molecule has 0 aliphatic carbocycles. The van der Waals surface area contributed by atoms with Gasteiger partial charge in [-0.1, -0.05) is 0 Å². The summed E-state index contributed by atoms with van der Waals surface area (Å²) < 4.78 is 8.20. The van der Waals surface area contributed by atoms with E-state index in [1.807, 2.05) is 30.9 Å². The SMILES string of the molecule is CNC(c1ccco1)c1c(Br)cnn1C. The van der Waals surface area contributed by atoms with E-state index in [1.165, 1.54) is 0 Å². The first-order chi connectivity index (χ1) is 7.24. The van der Waals surface area contributed by atoms with Crippen LogP contribution in [0.15, 0.2) is 33.5 Å². The minimum atomic E-state index is 0.0156. The lowest BCUT2D eigenvalue weighted by atomic mass is 10.1. The molecule has 1 N–H and O–H groups in total. The molecule has 0 saturated carbocycles. The highest BCUT2D eigenvalue weighted by atomic mass is 79.9. The zero-order valence-corrected chi connectivity index (χ0v) is 10.2. The van der Waals surface area contributed by atoms with E-state index in [-0.39, 0.29) is 6.04 Å². The molecule has 2 rings (SSSR count). The number of aromatic nitrogens is 2. The average Bonchev–Trinajstić information content (AvgIpc) is 2.83. The molecule has 0 aliphatic heterocycles. The van der Waals surface area contributed by atoms with E-state index in [0.717, 1.165) is 15.9 Å². The number of nitrogens with zero attached hydrogens (tertiary/aromatic N) is 2. The molecule has 80 valence electrons. The van der Waals surface area contributed by atoms with E-state index in [9.17, 15) is 0 Å². The Bertz CT molecular complexity index is 416. The topological polar surface area (TPSA) is 43.0 Å². The molecule has 2 aromatic heterocycles. The summed E-state index contributed by atoms with van der Waals surface area (Å²) in [6.45, 7) is 0. The first-order valence-electron chi connectivity index (χ1n) is 4.62. The van der Waals surface area contributed by atoms with Gasteiger partial charge in [0, 0.05) is 7.05 Å². The minimum absolute atomic E-state index is 0.0156. The van der Waals surface area contributed by atoms with Crippen LogP contribution in [0, 0.1) is 0 Å². The third-order valence-electron chi connectivity index (χ3n) is 2.33. The highest BCUT2D eigenvalue weighted by Crippen LogP contribution is 2.27. The molecule has 5 heteroatoms. The summed E-state index contributed by atoms with van der Waals surface area (Å²) in [4.78, 5) is 0. The van der Waals surface area contributed by atoms with Gasteiger partial charge in [-0.25, -0.2) is 0 Å². The van der Waals surface area contributed by atoms with Gasteiger partial charge < -0.3 is 9.73 Å². The van der Waals surface area contributed by atoms with Crippen molar-refractivity contribution >= 4 is 15.9 Å². The van der Waals surface area contributed by atoms with Gasteiger partial charge in [-0.05, 0) is 35.1 Å². The second kappa shape index (κ2) is 4.20. The molecule has 0 radical (unpaired) electrons. The Hall–Kier alpha value is -1.07. The van der Waals surface area contributed by atoms with Crippen molar-refractivity contribution in [1.82, 2.24) is 15.1 Å². The summed E-state index contributed by atoms with van der Waals surface area (Å²) >= 11 is 3.48. The van der Waals surface area contributed by atoms with Crippen molar-refractivity contribution in [3.8, 4) is 0 Å². The largest absolute Gasteiger partial charge is 0.467 e. The minimum Gasteiger partial charge on any atom is -0.467 e. The van der Waals surface area contributed by atoms with Gasteiger partial charge in [0.2, 0.25) is 0 Å². The molecule has 0 amide bonds. The molecule has 1 atom stereocenters. The maximum atomic E-state index is 5.40. The van der Waals surface area contributed by atoms with E-state index < -0.39 is 0 Å². The standard InChI is InChI=1S/C10H12BrN3O/c1-12-9(8-4-3-5-15-8)10-7(11)6-13-14(10)2/h3-6,9,12H,1-2H3. The number of aryl methyl sites for hydroxylation is 1. The highest BCUT2D eigenvalue weighted by molar-refractivity contribution is 9.10. The van der Waals surface area contributed by atoms with E-state index in [2.05, 4.69) is 26.3 Å². The third-order valence-corrected chi connectivity index (χ3v) is 2.94. The Morgan fingerprint density at radius 3 is 2.87 bits per heavy atom. The summed E-state index contributed by atoms with van der Waals surface area (Å²) in [5.41, 5.74) is 1.05. The molecule has 0 aromatic carbocycles. The third kappa shape index (κ3) is 1.85. The summed E-state index contributed by atoms with van der Waals surface area (Å²) in [5, 5.41) is 7.39. The van der Waals surface area contributed by atoms with Gasteiger partial charge in [0.15, 0.2) is 0 Å². The molecule has 0 spiro atoms. The van der Waals surface area contributed by atoms with Crippen molar-refractivity contribution in [2.45, 2.75) is 6.04 Å². The monoisotopic (exact) mass is 269 g/mol. The van der Waals surface area contributed by atoms with Crippen LogP contribution in [0.1, 0.15) is 17.5 Å². The van der Waals surface area contributed by atoms with Crippen LogP contribution in [0.2, 0.25) is 0 Å². The Morgan fingerprint density at radius 1 is 1.60 bits per heavy atom. The lowest BCUT2D eigenvalue weighted by Crippen LogP contribution is -2.20. The van der Waals surface area contributed by atoms with Crippen LogP contribution < -0.4 is 5.32 Å². The first kappa shape index (κ1) is 10.4. The Labute approximate surface area is 96.4 Å². The van der Waals surface area contributed by atoms with E-state index in [1.54, 1.807) is 12.5 Å². The van der Waals surface area contributed by atoms with Crippen LogP contribution >= 0.6 is 15.9 Å². The molecule has 2 heterocycles. The van der Waals surface area contributed by atoms with Crippen LogP contribution in [-0.2, 0) is 7.05 Å². The van der Waals surface area contributed by atoms with Gasteiger partial charge in [0.05, 0.1) is 22.6 Å². The summed E-state index contributed by atoms with van der Waals surface area (Å²) in [5.74, 6) is 0.877. The fraction of sp³-hybridized carbons (Fsp3) is 0.300. The first-order valence-corrected chi connectivity index (χ1v) is 5.41. The quantitative estimate of drug-likeness (QED) is 0.928. The molecule has 0 bridgehead atoms. The van der Waals surface area contributed by atoms with Crippen molar-refractivity contribution in [1.29, 1.82) is 0 Å². The molecular formula is C10H12BrN3O. The van der Waals surface area contributed by atoms with E-state index in [4.69, 9.17) is 4.42 Å². The number of nitrogens with one attached hydrogen (secondary N) is 1. The van der Waals surface area contributed by atoms with Crippen LogP contribution in [-0.4, -0.2) is 16.8 Å². The number of hydrogen-bond donors (Lipinski definition) is 1. The average molecular weight is 270 g/mol. The van der Waals surface area contributed by atoms with Gasteiger partial charge in [-0.3, -0.25) is 4.68 Å². The summed E-state index contributed by atoms with van der Waals surface area (Å²) in [6, 6.07) is 3.84. The fourth-order valence-electron chi connectivity index (χ4n) is 1.61. The van der Waals surface area contributed by atoms with Crippen LogP contribution in [0.5, 0.6) is 0 Å². The van der Waals surface area contributed by atoms with Crippen molar-refractivity contribution in [3.05, 3.63) is 40.5 Å². The maximum absolute atomic E-state index is 5.40. The lowest BCUT2D eigenvalue weighted by Gasteiger charge is -2.14. The highest BCUT2D eigenvalue weighted by Gasteiger charge is 2.21. The van der Waals surface area contributed by atoms with E-state index in [0.29, 0.717) is 0 Å².